The van der Waals surface area contributed by atoms with Crippen LogP contribution >= 0.6 is 11.8 Å². The average Bonchev–Trinajstić information content (AvgIpc) is 2.99. The van der Waals surface area contributed by atoms with Crippen molar-refractivity contribution in [3.8, 4) is 5.75 Å². The van der Waals surface area contributed by atoms with E-state index in [-0.39, 0.29) is 11.4 Å². The van der Waals surface area contributed by atoms with Crippen LogP contribution in [-0.4, -0.2) is 27.1 Å². The van der Waals surface area contributed by atoms with Crippen molar-refractivity contribution in [3.05, 3.63) is 48.4 Å². The van der Waals surface area contributed by atoms with Crippen LogP contribution in [0.25, 0.3) is 0 Å². The minimum absolute atomic E-state index is 0.131. The lowest BCUT2D eigenvalue weighted by atomic mass is 10.3. The second kappa shape index (κ2) is 7.95. The Labute approximate surface area is 141 Å². The van der Waals surface area contributed by atoms with Gasteiger partial charge >= 0.3 is 6.36 Å². The summed E-state index contributed by atoms with van der Waals surface area (Å²) >= 11 is 1.49. The lowest BCUT2D eigenvalue weighted by Gasteiger charge is -2.10. The van der Waals surface area contributed by atoms with Gasteiger partial charge in [-0.05, 0) is 36.4 Å². The molecule has 0 aliphatic heterocycles. The molecule has 0 saturated heterocycles. The van der Waals surface area contributed by atoms with Crippen molar-refractivity contribution in [1.29, 1.82) is 0 Å². The fraction of sp³-hybridized carbons (Fsp3) is 0.286. The molecule has 0 aliphatic carbocycles. The van der Waals surface area contributed by atoms with Crippen molar-refractivity contribution in [2.75, 3.05) is 12.3 Å². The summed E-state index contributed by atoms with van der Waals surface area (Å²) in [5.41, 5.74) is 0. The standard InChI is InChI=1S/C14H14F3NO4S2/c15-14(16,17)22-11-3-5-13(6-4-11)24(19,20)18-7-9-23-10-12-2-1-8-21-12/h1-6,8,18H,7,9-10H2. The maximum absolute atomic E-state index is 12.1. The SMILES string of the molecule is O=S(=O)(NCCSCc1ccco1)c1ccc(OC(F)(F)F)cc1. The number of halogens is 3. The summed E-state index contributed by atoms with van der Waals surface area (Å²) in [6, 6.07) is 7.60. The second-order valence-electron chi connectivity index (χ2n) is 4.55. The maximum atomic E-state index is 12.1. The summed E-state index contributed by atoms with van der Waals surface area (Å²) in [5, 5.41) is 0. The largest absolute Gasteiger partial charge is 0.573 e. The lowest BCUT2D eigenvalue weighted by Crippen LogP contribution is -2.26. The Morgan fingerprint density at radius 1 is 1.17 bits per heavy atom. The first kappa shape index (κ1) is 18.7. The second-order valence-corrected chi connectivity index (χ2v) is 7.42. The number of alkyl halides is 3. The zero-order chi connectivity index (χ0) is 17.6. The van der Waals surface area contributed by atoms with Crippen LogP contribution in [0.5, 0.6) is 5.75 Å². The third-order valence-corrected chi connectivity index (χ3v) is 5.19. The first-order valence-corrected chi connectivity index (χ1v) is 9.36. The number of sulfonamides is 1. The fourth-order valence-corrected chi connectivity index (χ4v) is 3.64. The van der Waals surface area contributed by atoms with E-state index >= 15 is 0 Å². The molecular formula is C14H14F3NO4S2. The molecule has 0 aliphatic rings. The molecule has 1 aromatic carbocycles. The van der Waals surface area contributed by atoms with Crippen LogP contribution in [0.3, 0.4) is 0 Å². The average molecular weight is 381 g/mol. The summed E-state index contributed by atoms with van der Waals surface area (Å²) < 4.78 is 71.4. The van der Waals surface area contributed by atoms with Crippen LogP contribution in [0.2, 0.25) is 0 Å². The maximum Gasteiger partial charge on any atom is 0.573 e. The highest BCUT2D eigenvalue weighted by Gasteiger charge is 2.31. The quantitative estimate of drug-likeness (QED) is 0.710. The van der Waals surface area contributed by atoms with Gasteiger partial charge < -0.3 is 9.15 Å². The molecule has 10 heteroatoms. The fourth-order valence-electron chi connectivity index (χ4n) is 1.72. The van der Waals surface area contributed by atoms with Gasteiger partial charge in [0.25, 0.3) is 0 Å². The van der Waals surface area contributed by atoms with Crippen molar-refractivity contribution in [2.45, 2.75) is 17.0 Å². The topological polar surface area (TPSA) is 68.5 Å². The van der Waals surface area contributed by atoms with Crippen LogP contribution in [0.4, 0.5) is 13.2 Å². The van der Waals surface area contributed by atoms with Crippen LogP contribution in [0, 0.1) is 0 Å². The molecule has 0 spiro atoms. The Kier molecular flexibility index (Phi) is 6.19. The number of ether oxygens (including phenoxy) is 1. The van der Waals surface area contributed by atoms with Crippen LogP contribution in [0.15, 0.2) is 52.0 Å². The Hall–Kier alpha value is -1.65. The number of hydrogen-bond donors (Lipinski definition) is 1. The van der Waals surface area contributed by atoms with Crippen LogP contribution in [0.1, 0.15) is 5.76 Å². The minimum Gasteiger partial charge on any atom is -0.468 e. The number of furan rings is 1. The summed E-state index contributed by atoms with van der Waals surface area (Å²) in [4.78, 5) is -0.131. The highest BCUT2D eigenvalue weighted by atomic mass is 32.2. The smallest absolute Gasteiger partial charge is 0.468 e. The van der Waals surface area contributed by atoms with Gasteiger partial charge in [-0.1, -0.05) is 0 Å². The summed E-state index contributed by atoms with van der Waals surface area (Å²) in [6.07, 6.45) is -3.26. The van der Waals surface area contributed by atoms with Gasteiger partial charge in [0.15, 0.2) is 0 Å². The lowest BCUT2D eigenvalue weighted by molar-refractivity contribution is -0.274. The molecule has 5 nitrogen and oxygen atoms in total. The predicted molar refractivity (Wildman–Crippen MR) is 83.2 cm³/mol. The van der Waals surface area contributed by atoms with Gasteiger partial charge in [-0.2, -0.15) is 11.8 Å². The summed E-state index contributed by atoms with van der Waals surface area (Å²) in [6.45, 7) is 0.189. The van der Waals surface area contributed by atoms with E-state index in [9.17, 15) is 21.6 Å². The summed E-state index contributed by atoms with van der Waals surface area (Å²) in [7, 11) is -3.78. The zero-order valence-electron chi connectivity index (χ0n) is 12.2. The molecule has 0 unspecified atom stereocenters. The Bertz CT molecular complexity index is 728. The molecule has 0 amide bonds. The van der Waals surface area contributed by atoms with E-state index in [1.54, 1.807) is 12.3 Å². The first-order chi connectivity index (χ1) is 11.3. The van der Waals surface area contributed by atoms with Crippen LogP contribution < -0.4 is 9.46 Å². The number of nitrogens with one attached hydrogen (secondary N) is 1. The van der Waals surface area contributed by atoms with Crippen molar-refractivity contribution >= 4 is 21.8 Å². The van der Waals surface area contributed by atoms with Gasteiger partial charge in [-0.25, -0.2) is 13.1 Å². The number of hydrogen-bond acceptors (Lipinski definition) is 5. The number of benzene rings is 1. The Balaban J connectivity index is 1.81. The van der Waals surface area contributed by atoms with Gasteiger partial charge in [0.05, 0.1) is 16.9 Å². The third-order valence-electron chi connectivity index (χ3n) is 2.73. The zero-order valence-corrected chi connectivity index (χ0v) is 13.9. The van der Waals surface area contributed by atoms with Gasteiger partial charge in [0, 0.05) is 12.3 Å². The Morgan fingerprint density at radius 3 is 2.46 bits per heavy atom. The molecule has 1 heterocycles. The van der Waals surface area contributed by atoms with Crippen molar-refractivity contribution < 1.29 is 30.7 Å². The van der Waals surface area contributed by atoms with E-state index in [0.29, 0.717) is 11.5 Å². The normalized spacial score (nSPS) is 12.3. The molecule has 1 aromatic heterocycles. The van der Waals surface area contributed by atoms with Gasteiger partial charge in [0.2, 0.25) is 10.0 Å². The van der Waals surface area contributed by atoms with E-state index in [4.69, 9.17) is 4.42 Å². The number of rotatable bonds is 8. The van der Waals surface area contributed by atoms with E-state index in [1.165, 1.54) is 11.8 Å². The minimum atomic E-state index is -4.82. The van der Waals surface area contributed by atoms with E-state index in [0.717, 1.165) is 30.0 Å². The molecular weight excluding hydrogens is 367 g/mol. The molecule has 0 radical (unpaired) electrons. The number of thioether (sulfide) groups is 1. The Morgan fingerprint density at radius 2 is 1.88 bits per heavy atom. The molecule has 24 heavy (non-hydrogen) atoms. The van der Waals surface area contributed by atoms with E-state index in [2.05, 4.69) is 9.46 Å². The third kappa shape index (κ3) is 6.10. The molecule has 0 bridgehead atoms. The van der Waals surface area contributed by atoms with Crippen molar-refractivity contribution in [2.24, 2.45) is 0 Å². The van der Waals surface area contributed by atoms with Gasteiger partial charge in [0.1, 0.15) is 11.5 Å². The molecule has 2 aromatic rings. The van der Waals surface area contributed by atoms with Crippen molar-refractivity contribution in [3.63, 3.8) is 0 Å². The van der Waals surface area contributed by atoms with E-state index in [1.807, 2.05) is 6.07 Å². The summed E-state index contributed by atoms with van der Waals surface area (Å²) in [5.74, 6) is 1.46. The monoisotopic (exact) mass is 381 g/mol. The van der Waals surface area contributed by atoms with E-state index < -0.39 is 22.1 Å². The molecule has 0 saturated carbocycles. The first-order valence-electron chi connectivity index (χ1n) is 6.72. The van der Waals surface area contributed by atoms with Crippen LogP contribution in [-0.2, 0) is 15.8 Å². The molecule has 2 rings (SSSR count). The molecule has 132 valence electrons. The molecule has 0 atom stereocenters. The highest BCUT2D eigenvalue weighted by molar-refractivity contribution is 7.98. The predicted octanol–water partition coefficient (Wildman–Crippen LogP) is 3.39. The van der Waals surface area contributed by atoms with Crippen molar-refractivity contribution in [1.82, 2.24) is 4.72 Å². The van der Waals surface area contributed by atoms with Gasteiger partial charge in [-0.3, -0.25) is 0 Å². The molecule has 0 fully saturated rings. The molecule has 1 N–H and O–H groups in total. The van der Waals surface area contributed by atoms with Gasteiger partial charge in [-0.15, -0.1) is 13.2 Å². The highest BCUT2D eigenvalue weighted by Crippen LogP contribution is 2.23.